The fraction of sp³-hybridized carbons (Fsp3) is 0.455. The average molecular weight is 367 g/mol. The van der Waals surface area contributed by atoms with Crippen molar-refractivity contribution in [3.05, 3.63) is 54.2 Å². The first-order valence-corrected chi connectivity index (χ1v) is 9.99. The lowest BCUT2D eigenvalue weighted by atomic mass is 10.2. The fourth-order valence-corrected chi connectivity index (χ4v) is 3.47. The van der Waals surface area contributed by atoms with Crippen molar-refractivity contribution >= 4 is 17.4 Å². The summed E-state index contributed by atoms with van der Waals surface area (Å²) < 4.78 is 0. The van der Waals surface area contributed by atoms with E-state index >= 15 is 0 Å². The molecular formula is C22H30N4O. The Balaban J connectivity index is 1.44. The number of hydrogen-bond donors (Lipinski definition) is 1. The Morgan fingerprint density at radius 1 is 1.07 bits per heavy atom. The molecular weight excluding hydrogens is 336 g/mol. The lowest BCUT2D eigenvalue weighted by molar-refractivity contribution is 0.0951. The molecule has 0 unspecified atom stereocenters. The van der Waals surface area contributed by atoms with E-state index in [1.165, 1.54) is 38.8 Å². The van der Waals surface area contributed by atoms with Gasteiger partial charge in [-0.1, -0.05) is 31.0 Å². The number of likely N-dealkylation sites (tertiary alicyclic amines) is 1. The van der Waals surface area contributed by atoms with Crippen LogP contribution in [0.2, 0.25) is 0 Å². The smallest absolute Gasteiger partial charge is 0.252 e. The number of nitrogens with one attached hydrogen (secondary N) is 1. The van der Waals surface area contributed by atoms with Gasteiger partial charge < -0.3 is 15.1 Å². The van der Waals surface area contributed by atoms with E-state index in [1.54, 1.807) is 6.20 Å². The molecule has 0 bridgehead atoms. The van der Waals surface area contributed by atoms with E-state index in [4.69, 9.17) is 0 Å². The largest absolute Gasteiger partial charge is 0.352 e. The van der Waals surface area contributed by atoms with Gasteiger partial charge in [-0.15, -0.1) is 0 Å². The van der Waals surface area contributed by atoms with Crippen molar-refractivity contribution in [2.24, 2.45) is 0 Å². The normalized spacial score (nSPS) is 15.1. The molecule has 1 aromatic carbocycles. The monoisotopic (exact) mass is 366 g/mol. The molecule has 2 heterocycles. The van der Waals surface area contributed by atoms with Crippen LogP contribution < -0.4 is 10.2 Å². The number of amides is 1. The van der Waals surface area contributed by atoms with Crippen LogP contribution in [0.5, 0.6) is 0 Å². The second-order valence-electron chi connectivity index (χ2n) is 7.16. The summed E-state index contributed by atoms with van der Waals surface area (Å²) in [6.07, 6.45) is 7.97. The predicted molar refractivity (Wildman–Crippen MR) is 111 cm³/mol. The quantitative estimate of drug-likeness (QED) is 0.756. The topological polar surface area (TPSA) is 48.5 Å². The highest BCUT2D eigenvalue weighted by atomic mass is 16.1. The summed E-state index contributed by atoms with van der Waals surface area (Å²) in [6, 6.07) is 13.8. The van der Waals surface area contributed by atoms with Gasteiger partial charge in [0.05, 0.1) is 5.56 Å². The van der Waals surface area contributed by atoms with Crippen LogP contribution in [-0.2, 0) is 0 Å². The first-order chi connectivity index (χ1) is 13.2. The molecule has 5 nitrogen and oxygen atoms in total. The molecule has 1 saturated heterocycles. The molecule has 0 spiro atoms. The molecule has 1 fully saturated rings. The van der Waals surface area contributed by atoms with Gasteiger partial charge in [0.1, 0.15) is 5.82 Å². The molecule has 27 heavy (non-hydrogen) atoms. The first-order valence-electron chi connectivity index (χ1n) is 9.99. The Hall–Kier alpha value is -2.40. The molecule has 1 aliphatic heterocycles. The van der Waals surface area contributed by atoms with Crippen LogP contribution in [-0.4, -0.2) is 49.0 Å². The number of nitrogens with zero attached hydrogens (tertiary/aromatic N) is 3. The third-order valence-electron chi connectivity index (χ3n) is 5.13. The lowest BCUT2D eigenvalue weighted by Gasteiger charge is -2.19. The van der Waals surface area contributed by atoms with E-state index < -0.39 is 0 Å². The van der Waals surface area contributed by atoms with Crippen molar-refractivity contribution in [1.82, 2.24) is 15.2 Å². The molecule has 0 radical (unpaired) electrons. The second kappa shape index (κ2) is 10.1. The van der Waals surface area contributed by atoms with Crippen molar-refractivity contribution in [2.45, 2.75) is 32.1 Å². The van der Waals surface area contributed by atoms with Crippen molar-refractivity contribution in [3.63, 3.8) is 0 Å². The number of aromatic nitrogens is 1. The van der Waals surface area contributed by atoms with E-state index in [-0.39, 0.29) is 5.91 Å². The number of hydrogen-bond acceptors (Lipinski definition) is 4. The molecule has 1 N–H and O–H groups in total. The molecule has 144 valence electrons. The SMILES string of the molecule is CN(c1ccccc1)c1ccc(C(=O)NCCCN2CCCCCC2)cn1. The van der Waals surface area contributed by atoms with Gasteiger partial charge in [0, 0.05) is 25.5 Å². The van der Waals surface area contributed by atoms with Gasteiger partial charge in [-0.2, -0.15) is 0 Å². The van der Waals surface area contributed by atoms with Gasteiger partial charge >= 0.3 is 0 Å². The van der Waals surface area contributed by atoms with E-state index in [9.17, 15) is 4.79 Å². The summed E-state index contributed by atoms with van der Waals surface area (Å²) in [4.78, 5) is 21.3. The molecule has 1 aromatic heterocycles. The van der Waals surface area contributed by atoms with E-state index in [2.05, 4.69) is 15.2 Å². The number of carbonyl (C=O) groups is 1. The third-order valence-corrected chi connectivity index (χ3v) is 5.13. The number of pyridine rings is 1. The minimum Gasteiger partial charge on any atom is -0.352 e. The molecule has 0 atom stereocenters. The lowest BCUT2D eigenvalue weighted by Crippen LogP contribution is -2.30. The minimum atomic E-state index is -0.0488. The summed E-state index contributed by atoms with van der Waals surface area (Å²) in [5.74, 6) is 0.770. The van der Waals surface area contributed by atoms with Gasteiger partial charge in [0.15, 0.2) is 0 Å². The molecule has 1 aliphatic rings. The number of para-hydroxylation sites is 1. The Morgan fingerprint density at radius 2 is 1.81 bits per heavy atom. The molecule has 1 amide bonds. The highest BCUT2D eigenvalue weighted by molar-refractivity contribution is 5.94. The highest BCUT2D eigenvalue weighted by Crippen LogP contribution is 2.20. The van der Waals surface area contributed by atoms with Gasteiger partial charge in [0.25, 0.3) is 5.91 Å². The van der Waals surface area contributed by atoms with Gasteiger partial charge in [-0.3, -0.25) is 4.79 Å². The maximum Gasteiger partial charge on any atom is 0.252 e. The van der Waals surface area contributed by atoms with Crippen molar-refractivity contribution in [2.75, 3.05) is 38.1 Å². The number of rotatable bonds is 7. The molecule has 0 aliphatic carbocycles. The maximum absolute atomic E-state index is 12.3. The number of anilines is 2. The van der Waals surface area contributed by atoms with Gasteiger partial charge in [-0.25, -0.2) is 4.98 Å². The summed E-state index contributed by atoms with van der Waals surface area (Å²) in [6.45, 7) is 4.18. The molecule has 5 heteroatoms. The second-order valence-corrected chi connectivity index (χ2v) is 7.16. The van der Waals surface area contributed by atoms with E-state index in [0.29, 0.717) is 12.1 Å². The standard InChI is InChI=1S/C22H30N4O/c1-25(20-10-5-4-6-11-20)21-13-12-19(18-24-21)22(27)23-14-9-17-26-15-7-2-3-8-16-26/h4-6,10-13,18H,2-3,7-9,14-17H2,1H3,(H,23,27). The molecule has 3 rings (SSSR count). The Morgan fingerprint density at radius 3 is 2.48 bits per heavy atom. The molecule has 0 saturated carbocycles. The van der Waals surface area contributed by atoms with Gasteiger partial charge in [0.2, 0.25) is 0 Å². The van der Waals surface area contributed by atoms with Crippen LogP contribution in [0.1, 0.15) is 42.5 Å². The Bertz CT molecular complexity index is 694. The van der Waals surface area contributed by atoms with Gasteiger partial charge in [-0.05, 0) is 63.2 Å². The first kappa shape index (κ1) is 19.4. The predicted octanol–water partition coefficient (Wildman–Crippen LogP) is 3.85. The van der Waals surface area contributed by atoms with E-state index in [1.807, 2.05) is 54.4 Å². The Kier molecular flexibility index (Phi) is 7.22. The average Bonchev–Trinajstić information content (AvgIpc) is 3.00. The van der Waals surface area contributed by atoms with E-state index in [0.717, 1.165) is 24.5 Å². The zero-order valence-electron chi connectivity index (χ0n) is 16.2. The highest BCUT2D eigenvalue weighted by Gasteiger charge is 2.10. The third kappa shape index (κ3) is 5.79. The number of carbonyl (C=O) groups excluding carboxylic acids is 1. The summed E-state index contributed by atoms with van der Waals surface area (Å²) in [5.41, 5.74) is 1.67. The van der Waals surface area contributed by atoms with Crippen LogP contribution in [0.4, 0.5) is 11.5 Å². The van der Waals surface area contributed by atoms with Crippen molar-refractivity contribution < 1.29 is 4.79 Å². The summed E-state index contributed by atoms with van der Waals surface area (Å²) in [5, 5.41) is 3.02. The fourth-order valence-electron chi connectivity index (χ4n) is 3.47. The van der Waals surface area contributed by atoms with Crippen LogP contribution in [0, 0.1) is 0 Å². The van der Waals surface area contributed by atoms with Crippen LogP contribution >= 0.6 is 0 Å². The van der Waals surface area contributed by atoms with Crippen LogP contribution in [0.3, 0.4) is 0 Å². The number of benzene rings is 1. The zero-order chi connectivity index (χ0) is 18.9. The summed E-state index contributed by atoms with van der Waals surface area (Å²) >= 11 is 0. The van der Waals surface area contributed by atoms with Crippen molar-refractivity contribution in [3.8, 4) is 0 Å². The minimum absolute atomic E-state index is 0.0488. The summed E-state index contributed by atoms with van der Waals surface area (Å²) in [7, 11) is 1.97. The zero-order valence-corrected chi connectivity index (χ0v) is 16.2. The van der Waals surface area contributed by atoms with Crippen molar-refractivity contribution in [1.29, 1.82) is 0 Å². The maximum atomic E-state index is 12.3. The molecule has 2 aromatic rings. The van der Waals surface area contributed by atoms with Crippen LogP contribution in [0.15, 0.2) is 48.7 Å². The Labute approximate surface area is 162 Å². The van der Waals surface area contributed by atoms with Crippen LogP contribution in [0.25, 0.3) is 0 Å².